The Morgan fingerprint density at radius 2 is 1.11 bits per heavy atom. The van der Waals surface area contributed by atoms with E-state index in [2.05, 4.69) is 19.7 Å². The maximum atomic E-state index is 14.3. The molecular formula is C39H12F4N6O3S4. The highest BCUT2D eigenvalue weighted by atomic mass is 32.1. The SMILES string of the molecule is [C-]#[N+]C(C#N)=C1C(=Nc2cc3sc4c(c3s2)OC(C)(C)c2c-4sc3cc(N=C4C(=O)c5cc(F)c(F)cc5/C4=C(/C#N)[N+]#[C-])sc23)C(=O)c2cc(F)c(F)cc21. The topological polar surface area (TPSA) is 124 Å². The average molecular weight is 817 g/mol. The Balaban J connectivity index is 1.13. The number of Topliss-reactive ketones (excluding diaryl/α,β-unsaturated/α-hetero) is 2. The van der Waals surface area contributed by atoms with Gasteiger partial charge in [0.25, 0.3) is 11.4 Å². The number of halogens is 4. The van der Waals surface area contributed by atoms with Crippen molar-refractivity contribution in [1.82, 2.24) is 0 Å². The summed E-state index contributed by atoms with van der Waals surface area (Å²) >= 11 is 5.34. The van der Waals surface area contributed by atoms with Crippen LogP contribution in [0.5, 0.6) is 5.75 Å². The molecule has 0 N–H and O–H groups in total. The number of carbonyl (C=O) groups is 2. The molecule has 6 aromatic rings. The Kier molecular flexibility index (Phi) is 7.65. The van der Waals surface area contributed by atoms with Crippen LogP contribution in [0, 0.1) is 59.1 Å². The molecule has 9 rings (SSSR count). The fourth-order valence-electron chi connectivity index (χ4n) is 6.90. The van der Waals surface area contributed by atoms with Gasteiger partial charge in [-0.25, -0.2) is 47.8 Å². The number of carbonyl (C=O) groups excluding carboxylic acids is 2. The van der Waals surface area contributed by atoms with E-state index in [0.717, 1.165) is 58.4 Å². The number of aliphatic imine (C=N–C) groups is 2. The van der Waals surface area contributed by atoms with Gasteiger partial charge in [-0.2, -0.15) is 0 Å². The van der Waals surface area contributed by atoms with E-state index >= 15 is 0 Å². The Morgan fingerprint density at radius 1 is 0.679 bits per heavy atom. The number of hydrogen-bond donors (Lipinski definition) is 0. The first-order valence-electron chi connectivity index (χ1n) is 15.9. The van der Waals surface area contributed by atoms with Crippen LogP contribution in [-0.2, 0) is 5.60 Å². The fourth-order valence-corrected chi connectivity index (χ4v) is 12.2. The van der Waals surface area contributed by atoms with Crippen LogP contribution in [0.15, 0.2) is 57.8 Å². The van der Waals surface area contributed by atoms with Crippen molar-refractivity contribution < 1.29 is 31.9 Å². The normalized spacial score (nSPS) is 18.2. The lowest BCUT2D eigenvalue weighted by Gasteiger charge is -2.31. The van der Waals surface area contributed by atoms with Crippen molar-refractivity contribution in [2.75, 3.05) is 0 Å². The zero-order valence-electron chi connectivity index (χ0n) is 28.0. The van der Waals surface area contributed by atoms with Crippen molar-refractivity contribution in [3.63, 3.8) is 0 Å². The Hall–Kier alpha value is -6.60. The number of benzene rings is 2. The minimum Gasteiger partial charge on any atom is -0.480 e. The molecule has 0 saturated heterocycles. The van der Waals surface area contributed by atoms with Gasteiger partial charge in [-0.05, 0) is 61.4 Å². The molecule has 0 radical (unpaired) electrons. The molecule has 2 aromatic carbocycles. The van der Waals surface area contributed by atoms with Crippen molar-refractivity contribution in [2.45, 2.75) is 19.4 Å². The van der Waals surface area contributed by atoms with Gasteiger partial charge in [-0.3, -0.25) is 9.59 Å². The maximum Gasteiger partial charge on any atom is 0.271 e. The molecule has 1 aliphatic heterocycles. The highest BCUT2D eigenvalue weighted by Gasteiger charge is 2.41. The summed E-state index contributed by atoms with van der Waals surface area (Å²) in [5, 5.41) is 20.0. The predicted molar refractivity (Wildman–Crippen MR) is 206 cm³/mol. The molecule has 4 aromatic heterocycles. The van der Waals surface area contributed by atoms with E-state index < -0.39 is 51.8 Å². The first-order valence-corrected chi connectivity index (χ1v) is 19.2. The number of ketones is 2. The van der Waals surface area contributed by atoms with E-state index in [1.54, 1.807) is 24.3 Å². The number of thiophene rings is 4. The molecule has 268 valence electrons. The van der Waals surface area contributed by atoms with Crippen molar-refractivity contribution >= 4 is 108 Å². The number of fused-ring (bicyclic) bond motifs is 9. The maximum absolute atomic E-state index is 14.3. The summed E-state index contributed by atoms with van der Waals surface area (Å²) in [6.45, 7) is 18.7. The summed E-state index contributed by atoms with van der Waals surface area (Å²) < 4.78 is 66.6. The van der Waals surface area contributed by atoms with Gasteiger partial charge in [0.05, 0.1) is 49.1 Å². The smallest absolute Gasteiger partial charge is 0.271 e. The number of nitriles is 2. The van der Waals surface area contributed by atoms with Crippen LogP contribution in [0.1, 0.15) is 51.3 Å². The summed E-state index contributed by atoms with van der Waals surface area (Å²) in [5.41, 5.74) is -2.44. The molecule has 0 atom stereocenters. The second-order valence-electron chi connectivity index (χ2n) is 12.8. The number of ether oxygens (including phenoxy) is 1. The molecule has 9 nitrogen and oxygen atoms in total. The molecule has 3 aliphatic rings. The van der Waals surface area contributed by atoms with Gasteiger partial charge in [0, 0.05) is 32.5 Å². The zero-order valence-corrected chi connectivity index (χ0v) is 31.3. The quantitative estimate of drug-likeness (QED) is 0.0977. The molecular weight excluding hydrogens is 805 g/mol. The summed E-state index contributed by atoms with van der Waals surface area (Å²) in [4.78, 5) is 44.1. The van der Waals surface area contributed by atoms with E-state index in [4.69, 9.17) is 17.9 Å². The fraction of sp³-hybridized carbons (Fsp3) is 0.0769. The van der Waals surface area contributed by atoms with Gasteiger partial charge in [-0.15, -0.1) is 45.3 Å². The summed E-state index contributed by atoms with van der Waals surface area (Å²) in [6.07, 6.45) is 0. The molecule has 0 amide bonds. The van der Waals surface area contributed by atoms with Gasteiger partial charge < -0.3 is 4.74 Å². The number of allylic oxidation sites excluding steroid dienone is 4. The standard InChI is InChI=1S/C39H12F4N6O3S4/c1-39(2)29-35-23(9-25(55-35)48-30-27(21(11-44)46-3)13-5-17(40)19(42)7-15(13)32(30)50)53-37(29)38-34(52-39)36-24(54-38)10-26(56-36)49-31-28(22(12-45)47-4)14-6-18(41)20(43)8-16(14)33(31)51/h5-10H,1-2H3/b27-21+,28-22?,48-30?,49-31?. The molecule has 0 fully saturated rings. The monoisotopic (exact) mass is 816 g/mol. The Labute approximate surface area is 327 Å². The van der Waals surface area contributed by atoms with Crippen molar-refractivity contribution in [1.29, 1.82) is 10.5 Å². The third-order valence-electron chi connectivity index (χ3n) is 9.23. The van der Waals surface area contributed by atoms with Crippen LogP contribution in [-0.4, -0.2) is 23.0 Å². The van der Waals surface area contributed by atoms with Crippen LogP contribution < -0.4 is 4.74 Å². The lowest BCUT2D eigenvalue weighted by molar-refractivity contribution is 0.106. The molecule has 0 spiro atoms. The van der Waals surface area contributed by atoms with E-state index in [1.165, 1.54) is 45.3 Å². The molecule has 5 heterocycles. The van der Waals surface area contributed by atoms with Gasteiger partial charge in [0.15, 0.2) is 29.0 Å². The lowest BCUT2D eigenvalue weighted by atomic mass is 9.95. The zero-order chi connectivity index (χ0) is 39.5. The van der Waals surface area contributed by atoms with Gasteiger partial charge in [-0.1, -0.05) is 0 Å². The first kappa shape index (κ1) is 35.1. The van der Waals surface area contributed by atoms with E-state index in [-0.39, 0.29) is 44.8 Å². The van der Waals surface area contributed by atoms with Gasteiger partial charge in [0.1, 0.15) is 27.0 Å². The minimum atomic E-state index is -1.25. The number of hydrogen-bond acceptors (Lipinski definition) is 11. The van der Waals surface area contributed by atoms with Crippen molar-refractivity contribution in [2.24, 2.45) is 9.98 Å². The first-order chi connectivity index (χ1) is 26.8. The minimum absolute atomic E-state index is 0.0804. The molecule has 2 aliphatic carbocycles. The average Bonchev–Trinajstić information content (AvgIpc) is 3.98. The van der Waals surface area contributed by atoms with Crippen LogP contribution >= 0.6 is 45.3 Å². The highest BCUT2D eigenvalue weighted by molar-refractivity contribution is 7.36. The molecule has 0 bridgehead atoms. The second-order valence-corrected chi connectivity index (χ2v) is 17.0. The molecule has 56 heavy (non-hydrogen) atoms. The molecule has 0 unspecified atom stereocenters. The Morgan fingerprint density at radius 3 is 1.57 bits per heavy atom. The second kappa shape index (κ2) is 12.2. The molecule has 17 heteroatoms. The highest BCUT2D eigenvalue weighted by Crippen LogP contribution is 2.61. The third kappa shape index (κ3) is 4.89. The van der Waals surface area contributed by atoms with Crippen LogP contribution in [0.25, 0.3) is 49.4 Å². The van der Waals surface area contributed by atoms with E-state index in [9.17, 15) is 37.7 Å². The largest absolute Gasteiger partial charge is 0.480 e. The number of rotatable bonds is 2. The van der Waals surface area contributed by atoms with E-state index in [1.807, 2.05) is 13.8 Å². The third-order valence-corrected chi connectivity index (χ3v) is 14.0. The lowest BCUT2D eigenvalue weighted by Crippen LogP contribution is -2.27. The van der Waals surface area contributed by atoms with Crippen molar-refractivity contribution in [3.8, 4) is 27.6 Å². The van der Waals surface area contributed by atoms with Gasteiger partial charge in [0.2, 0.25) is 11.6 Å². The Bertz CT molecular complexity index is 3210. The van der Waals surface area contributed by atoms with Crippen molar-refractivity contribution in [3.05, 3.63) is 122 Å². The summed E-state index contributed by atoms with van der Waals surface area (Å²) in [6, 6.07) is 10.0. The predicted octanol–water partition coefficient (Wildman–Crippen LogP) is 11.3. The molecule has 0 saturated carbocycles. The van der Waals surface area contributed by atoms with Gasteiger partial charge >= 0.3 is 0 Å². The van der Waals surface area contributed by atoms with Crippen LogP contribution in [0.4, 0.5) is 27.6 Å². The van der Waals surface area contributed by atoms with Crippen LogP contribution in [0.3, 0.4) is 0 Å². The summed E-state index contributed by atoms with van der Waals surface area (Å²) in [5.74, 6) is -5.87. The van der Waals surface area contributed by atoms with Crippen LogP contribution in [0.2, 0.25) is 0 Å². The summed E-state index contributed by atoms with van der Waals surface area (Å²) in [7, 11) is 0. The van der Waals surface area contributed by atoms with E-state index in [0.29, 0.717) is 15.8 Å². The number of nitrogens with zero attached hydrogens (tertiary/aromatic N) is 6.